The van der Waals surface area contributed by atoms with Crippen LogP contribution in [0.4, 0.5) is 0 Å². The first-order valence-electron chi connectivity index (χ1n) is 6.94. The van der Waals surface area contributed by atoms with Gasteiger partial charge in [-0.25, -0.2) is 14.5 Å². The van der Waals surface area contributed by atoms with Crippen molar-refractivity contribution in [1.82, 2.24) is 9.66 Å². The van der Waals surface area contributed by atoms with Crippen molar-refractivity contribution in [3.05, 3.63) is 39.9 Å². The molecule has 1 aromatic carbocycles. The first-order valence-corrected chi connectivity index (χ1v) is 6.94. The van der Waals surface area contributed by atoms with Gasteiger partial charge in [-0.15, -0.1) is 0 Å². The number of aromatic nitrogens is 2. The highest BCUT2D eigenvalue weighted by Gasteiger charge is 2.44. The molecule has 110 valence electrons. The number of methoxy groups -OCH3 is 1. The second kappa shape index (κ2) is 4.87. The van der Waals surface area contributed by atoms with Crippen molar-refractivity contribution in [3.8, 4) is 0 Å². The van der Waals surface area contributed by atoms with Gasteiger partial charge >= 0.3 is 5.97 Å². The van der Waals surface area contributed by atoms with Gasteiger partial charge in [0.05, 0.1) is 24.6 Å². The molecule has 1 aliphatic heterocycles. The van der Waals surface area contributed by atoms with E-state index in [0.717, 1.165) is 5.56 Å². The monoisotopic (exact) mass is 287 g/mol. The zero-order chi connectivity index (χ0) is 15.1. The predicted octanol–water partition coefficient (Wildman–Crippen LogP) is 0.761. The third-order valence-corrected chi connectivity index (χ3v) is 3.78. The van der Waals surface area contributed by atoms with E-state index in [-0.39, 0.29) is 17.6 Å². The van der Waals surface area contributed by atoms with Crippen LogP contribution in [0.5, 0.6) is 0 Å². The first-order chi connectivity index (χ1) is 10.1. The number of hydrogen-bond donors (Lipinski definition) is 0. The normalized spacial score (nSPS) is 17.1. The average Bonchev–Trinajstić information content (AvgIpc) is 3.26. The molecule has 3 rings (SSSR count). The van der Waals surface area contributed by atoms with E-state index in [1.807, 2.05) is 32.0 Å². The molecule has 1 aliphatic rings. The van der Waals surface area contributed by atoms with Gasteiger partial charge in [-0.3, -0.25) is 9.80 Å². The zero-order valence-corrected chi connectivity index (χ0v) is 12.3. The summed E-state index contributed by atoms with van der Waals surface area (Å²) in [7, 11) is 1.35. The van der Waals surface area contributed by atoms with Crippen molar-refractivity contribution in [2.75, 3.05) is 18.7 Å². The molecule has 1 atom stereocenters. The van der Waals surface area contributed by atoms with Gasteiger partial charge in [0, 0.05) is 6.42 Å². The summed E-state index contributed by atoms with van der Waals surface area (Å²) >= 11 is 0. The van der Waals surface area contributed by atoms with Gasteiger partial charge in [-0.1, -0.05) is 19.1 Å². The molecule has 0 amide bonds. The van der Waals surface area contributed by atoms with Gasteiger partial charge < -0.3 is 4.74 Å². The van der Waals surface area contributed by atoms with E-state index < -0.39 is 0 Å². The Morgan fingerprint density at radius 3 is 2.90 bits per heavy atom. The number of carbonyl (C=O) groups excluding carboxylic acids is 1. The molecule has 0 radical (unpaired) electrons. The Morgan fingerprint density at radius 1 is 1.48 bits per heavy atom. The fourth-order valence-electron chi connectivity index (χ4n) is 2.61. The molecule has 0 spiro atoms. The van der Waals surface area contributed by atoms with Crippen LogP contribution in [0.25, 0.3) is 10.9 Å². The number of carbonyl (C=O) groups is 1. The lowest BCUT2D eigenvalue weighted by Crippen LogP contribution is -2.35. The lowest BCUT2D eigenvalue weighted by molar-refractivity contribution is -0.139. The topological polar surface area (TPSA) is 64.2 Å². The van der Waals surface area contributed by atoms with Crippen LogP contribution >= 0.6 is 0 Å². The first kappa shape index (κ1) is 13.6. The minimum Gasteiger partial charge on any atom is -0.467 e. The standard InChI is InChI=1S/C15H17N3O3/c1-4-12-16-10-7-5-6-9(2)13(10)14(19)18(12)17-8-11(17)15(20)21-3/h5-7,11H,4,8H2,1-3H3. The number of aryl methyl sites for hydroxylation is 2. The molecule has 2 aromatic rings. The minimum atomic E-state index is -0.388. The maximum Gasteiger partial charge on any atom is 0.332 e. The second-order valence-corrected chi connectivity index (χ2v) is 5.13. The van der Waals surface area contributed by atoms with Crippen LogP contribution in [0.3, 0.4) is 0 Å². The third-order valence-electron chi connectivity index (χ3n) is 3.78. The number of benzene rings is 1. The molecule has 0 saturated carbocycles. The van der Waals surface area contributed by atoms with Crippen LogP contribution in [0.15, 0.2) is 23.0 Å². The lowest BCUT2D eigenvalue weighted by Gasteiger charge is -2.15. The van der Waals surface area contributed by atoms with Crippen LogP contribution in [0.1, 0.15) is 18.3 Å². The number of esters is 1. The summed E-state index contributed by atoms with van der Waals surface area (Å²) in [5.74, 6) is 0.332. The number of rotatable bonds is 3. The fraction of sp³-hybridized carbons (Fsp3) is 0.400. The van der Waals surface area contributed by atoms with E-state index in [1.165, 1.54) is 11.8 Å². The van der Waals surface area contributed by atoms with Gasteiger partial charge in [0.1, 0.15) is 5.82 Å². The zero-order valence-electron chi connectivity index (χ0n) is 12.3. The molecule has 0 N–H and O–H groups in total. The van der Waals surface area contributed by atoms with Crippen LogP contribution in [-0.2, 0) is 16.0 Å². The van der Waals surface area contributed by atoms with Crippen molar-refractivity contribution in [1.29, 1.82) is 0 Å². The molecule has 6 nitrogen and oxygen atoms in total. The van der Waals surface area contributed by atoms with Gasteiger partial charge in [-0.2, -0.15) is 0 Å². The van der Waals surface area contributed by atoms with E-state index in [4.69, 9.17) is 4.74 Å². The Hall–Kier alpha value is -2.37. The molecule has 6 heteroatoms. The van der Waals surface area contributed by atoms with Crippen LogP contribution in [-0.4, -0.2) is 35.3 Å². The third kappa shape index (κ3) is 2.07. The number of fused-ring (bicyclic) bond motifs is 1. The van der Waals surface area contributed by atoms with Crippen LogP contribution < -0.4 is 10.6 Å². The Kier molecular flexibility index (Phi) is 3.16. The highest BCUT2D eigenvalue weighted by atomic mass is 16.5. The molecular formula is C15H17N3O3. The Bertz CT molecular complexity index is 782. The number of ether oxygens (including phenoxy) is 1. The van der Waals surface area contributed by atoms with Crippen LogP contribution in [0.2, 0.25) is 0 Å². The Morgan fingerprint density at radius 2 is 2.24 bits per heavy atom. The SMILES string of the molecule is CCc1nc2cccc(C)c2c(=O)n1N1CC1C(=O)OC. The van der Waals surface area contributed by atoms with Gasteiger partial charge in [0.15, 0.2) is 6.04 Å². The van der Waals surface area contributed by atoms with Crippen molar-refractivity contribution < 1.29 is 9.53 Å². The van der Waals surface area contributed by atoms with E-state index in [1.54, 1.807) is 5.01 Å². The van der Waals surface area contributed by atoms with Gasteiger partial charge in [0.25, 0.3) is 5.56 Å². The molecule has 1 unspecified atom stereocenters. The van der Waals surface area contributed by atoms with Gasteiger partial charge in [-0.05, 0) is 18.6 Å². The summed E-state index contributed by atoms with van der Waals surface area (Å²) in [6.45, 7) is 4.32. The Labute approximate surface area is 121 Å². The second-order valence-electron chi connectivity index (χ2n) is 5.13. The molecule has 1 saturated heterocycles. The molecule has 2 heterocycles. The van der Waals surface area contributed by atoms with Crippen molar-refractivity contribution in [2.45, 2.75) is 26.3 Å². The Balaban J connectivity index is 2.19. The highest BCUT2D eigenvalue weighted by Crippen LogP contribution is 2.20. The van der Waals surface area contributed by atoms with Crippen molar-refractivity contribution in [2.24, 2.45) is 0 Å². The van der Waals surface area contributed by atoms with Gasteiger partial charge in [0.2, 0.25) is 0 Å². The summed E-state index contributed by atoms with van der Waals surface area (Å²) in [4.78, 5) is 29.0. The van der Waals surface area contributed by atoms with E-state index >= 15 is 0 Å². The summed E-state index contributed by atoms with van der Waals surface area (Å²) in [6, 6.07) is 5.23. The number of hydrogen-bond acceptors (Lipinski definition) is 5. The summed E-state index contributed by atoms with van der Waals surface area (Å²) in [5.41, 5.74) is 1.46. The maximum atomic E-state index is 12.8. The lowest BCUT2D eigenvalue weighted by atomic mass is 10.1. The molecule has 1 fully saturated rings. The fourth-order valence-corrected chi connectivity index (χ4v) is 2.61. The van der Waals surface area contributed by atoms with Crippen molar-refractivity contribution in [3.63, 3.8) is 0 Å². The smallest absolute Gasteiger partial charge is 0.332 e. The number of nitrogens with zero attached hydrogens (tertiary/aromatic N) is 3. The summed E-state index contributed by atoms with van der Waals surface area (Å²) < 4.78 is 6.26. The van der Waals surface area contributed by atoms with Crippen LogP contribution in [0, 0.1) is 6.92 Å². The van der Waals surface area contributed by atoms with Crippen molar-refractivity contribution >= 4 is 16.9 Å². The predicted molar refractivity (Wildman–Crippen MR) is 79.0 cm³/mol. The maximum absolute atomic E-state index is 12.8. The molecule has 1 aromatic heterocycles. The summed E-state index contributed by atoms with van der Waals surface area (Å²) in [5, 5.41) is 2.30. The highest BCUT2D eigenvalue weighted by molar-refractivity contribution is 5.84. The largest absolute Gasteiger partial charge is 0.467 e. The molecule has 21 heavy (non-hydrogen) atoms. The molecule has 0 bridgehead atoms. The summed E-state index contributed by atoms with van der Waals surface area (Å²) in [6.07, 6.45) is 0.615. The average molecular weight is 287 g/mol. The minimum absolute atomic E-state index is 0.124. The van der Waals surface area contributed by atoms with E-state index in [9.17, 15) is 9.59 Å². The van der Waals surface area contributed by atoms with E-state index in [0.29, 0.717) is 29.7 Å². The molecule has 0 aliphatic carbocycles. The molecular weight excluding hydrogens is 270 g/mol. The quantitative estimate of drug-likeness (QED) is 0.616. The van der Waals surface area contributed by atoms with E-state index in [2.05, 4.69) is 4.98 Å².